The van der Waals surface area contributed by atoms with Gasteiger partial charge in [-0.15, -0.1) is 0 Å². The lowest BCUT2D eigenvalue weighted by Crippen LogP contribution is -2.18. The number of benzene rings is 3. The first-order chi connectivity index (χ1) is 19.9. The molecule has 0 radical (unpaired) electrons. The van der Waals surface area contributed by atoms with Crippen molar-refractivity contribution in [1.82, 2.24) is 4.98 Å². The monoisotopic (exact) mass is 614 g/mol. The Hall–Kier alpha value is -4.33. The molecule has 1 N–H and O–H groups in total. The lowest BCUT2D eigenvalue weighted by molar-refractivity contribution is 0.0916. The van der Waals surface area contributed by atoms with Crippen LogP contribution in [0.1, 0.15) is 34.6 Å². The molecule has 0 spiro atoms. The SMILES string of the molecule is COC[C@H](C)Oc1cc(Oc2ccc(S(C)(=O)=O)cc2)cc(C(=O)Nc2ncc(Oc3cc(C(C)=O)ccc3F)s2)c1. The van der Waals surface area contributed by atoms with Gasteiger partial charge in [-0.3, -0.25) is 14.9 Å². The minimum atomic E-state index is -3.38. The number of nitrogens with zero attached hydrogens (tertiary/aromatic N) is 1. The van der Waals surface area contributed by atoms with Gasteiger partial charge in [0.15, 0.2) is 32.3 Å². The molecule has 1 amide bonds. The van der Waals surface area contributed by atoms with Gasteiger partial charge in [-0.25, -0.2) is 17.8 Å². The van der Waals surface area contributed by atoms with Crippen LogP contribution in [0.3, 0.4) is 0 Å². The molecular formula is C29H27FN2O8S2. The number of carbonyl (C=O) groups excluding carboxylic acids is 2. The number of sulfone groups is 1. The fraction of sp³-hybridized carbons (Fsp3) is 0.207. The van der Waals surface area contributed by atoms with Gasteiger partial charge in [0.1, 0.15) is 23.4 Å². The first kappa shape index (κ1) is 30.6. The van der Waals surface area contributed by atoms with Gasteiger partial charge in [0.2, 0.25) is 5.06 Å². The van der Waals surface area contributed by atoms with Crippen molar-refractivity contribution in [1.29, 1.82) is 0 Å². The van der Waals surface area contributed by atoms with Crippen LogP contribution >= 0.6 is 11.3 Å². The zero-order valence-electron chi connectivity index (χ0n) is 23.0. The highest BCUT2D eigenvalue weighted by Gasteiger charge is 2.17. The second-order valence-corrected chi connectivity index (χ2v) is 12.2. The van der Waals surface area contributed by atoms with Crippen molar-refractivity contribution in [3.8, 4) is 28.1 Å². The van der Waals surface area contributed by atoms with Gasteiger partial charge in [0, 0.05) is 30.6 Å². The standard InChI is InChI=1S/C29H27FN2O8S2/c1-17(16-37-3)38-22-11-20(12-23(14-22)39-21-6-8-24(9-7-21)42(4,35)36)28(34)32-29-31-15-27(41-29)40-26-13-19(18(2)33)5-10-25(26)30/h5-15,17H,16H2,1-4H3,(H,31,32,34)/t17-/m0/s1. The maximum atomic E-state index is 14.2. The fourth-order valence-electron chi connectivity index (χ4n) is 3.66. The van der Waals surface area contributed by atoms with Crippen LogP contribution in [-0.2, 0) is 14.6 Å². The van der Waals surface area contributed by atoms with Gasteiger partial charge in [0.05, 0.1) is 17.7 Å². The molecule has 3 aromatic carbocycles. The van der Waals surface area contributed by atoms with Crippen LogP contribution in [0.2, 0.25) is 0 Å². The van der Waals surface area contributed by atoms with E-state index in [-0.39, 0.29) is 49.6 Å². The lowest BCUT2D eigenvalue weighted by Gasteiger charge is -2.16. The Kier molecular flexibility index (Phi) is 9.55. The second-order valence-electron chi connectivity index (χ2n) is 9.16. The van der Waals surface area contributed by atoms with E-state index in [0.29, 0.717) is 18.1 Å². The molecule has 0 aliphatic rings. The number of methoxy groups -OCH3 is 1. The molecule has 10 nitrogen and oxygen atoms in total. The zero-order valence-corrected chi connectivity index (χ0v) is 24.7. The first-order valence-corrected chi connectivity index (χ1v) is 15.2. The molecule has 1 atom stereocenters. The summed E-state index contributed by atoms with van der Waals surface area (Å²) in [6, 6.07) is 14.2. The number of ketones is 1. The summed E-state index contributed by atoms with van der Waals surface area (Å²) in [7, 11) is -1.84. The number of hydrogen-bond donors (Lipinski definition) is 1. The summed E-state index contributed by atoms with van der Waals surface area (Å²) in [5.74, 6) is -0.643. The van der Waals surface area contributed by atoms with Crippen molar-refractivity contribution in [2.45, 2.75) is 24.8 Å². The van der Waals surface area contributed by atoms with E-state index in [2.05, 4.69) is 10.3 Å². The molecule has 0 fully saturated rings. The molecule has 0 bridgehead atoms. The second kappa shape index (κ2) is 13.1. The molecule has 0 unspecified atom stereocenters. The number of aromatic nitrogens is 1. The van der Waals surface area contributed by atoms with Crippen molar-refractivity contribution >= 4 is 38.0 Å². The van der Waals surface area contributed by atoms with E-state index < -0.39 is 21.6 Å². The molecule has 4 aromatic rings. The zero-order chi connectivity index (χ0) is 30.4. The van der Waals surface area contributed by atoms with Crippen LogP contribution in [0.4, 0.5) is 9.52 Å². The number of hydrogen-bond acceptors (Lipinski definition) is 10. The van der Waals surface area contributed by atoms with Crippen LogP contribution < -0.4 is 19.5 Å². The van der Waals surface area contributed by atoms with E-state index in [1.54, 1.807) is 20.1 Å². The van der Waals surface area contributed by atoms with Crippen LogP contribution in [0.25, 0.3) is 0 Å². The number of ether oxygens (including phenoxy) is 4. The Morgan fingerprint density at radius 3 is 2.36 bits per heavy atom. The summed E-state index contributed by atoms with van der Waals surface area (Å²) in [5, 5.41) is 3.04. The summed E-state index contributed by atoms with van der Waals surface area (Å²) < 4.78 is 60.2. The molecule has 220 valence electrons. The summed E-state index contributed by atoms with van der Waals surface area (Å²) >= 11 is 0.960. The molecule has 1 heterocycles. The summed E-state index contributed by atoms with van der Waals surface area (Å²) in [5.41, 5.74) is 0.466. The Bertz CT molecular complexity index is 1710. The van der Waals surface area contributed by atoms with E-state index >= 15 is 0 Å². The molecule has 4 rings (SSSR count). The quantitative estimate of drug-likeness (QED) is 0.187. The molecule has 1 aromatic heterocycles. The smallest absolute Gasteiger partial charge is 0.257 e. The minimum absolute atomic E-state index is 0.140. The maximum absolute atomic E-state index is 14.2. The topological polar surface area (TPSA) is 130 Å². The van der Waals surface area contributed by atoms with E-state index in [4.69, 9.17) is 18.9 Å². The van der Waals surface area contributed by atoms with Crippen molar-refractivity contribution in [2.75, 3.05) is 25.3 Å². The van der Waals surface area contributed by atoms with Crippen LogP contribution in [0, 0.1) is 5.82 Å². The average Bonchev–Trinajstić information content (AvgIpc) is 3.36. The molecule has 13 heteroatoms. The maximum Gasteiger partial charge on any atom is 0.257 e. The first-order valence-electron chi connectivity index (χ1n) is 12.5. The van der Waals surface area contributed by atoms with Crippen molar-refractivity contribution in [3.05, 3.63) is 83.8 Å². The number of Topliss-reactive ketones (excluding diaryl/α,β-unsaturated/α-hetero) is 1. The van der Waals surface area contributed by atoms with Gasteiger partial charge in [-0.2, -0.15) is 0 Å². The molecular weight excluding hydrogens is 587 g/mol. The van der Waals surface area contributed by atoms with Gasteiger partial charge in [0.25, 0.3) is 5.91 Å². The number of rotatable bonds is 12. The predicted molar refractivity (Wildman–Crippen MR) is 155 cm³/mol. The number of thiazole rings is 1. The summed E-state index contributed by atoms with van der Waals surface area (Å²) in [4.78, 5) is 29.1. The van der Waals surface area contributed by atoms with Crippen molar-refractivity contribution < 1.29 is 41.3 Å². The van der Waals surface area contributed by atoms with E-state index in [9.17, 15) is 22.4 Å². The molecule has 42 heavy (non-hydrogen) atoms. The van der Waals surface area contributed by atoms with Gasteiger partial charge >= 0.3 is 0 Å². The van der Waals surface area contributed by atoms with Crippen LogP contribution in [0.15, 0.2) is 71.8 Å². The third-order valence-electron chi connectivity index (χ3n) is 5.62. The van der Waals surface area contributed by atoms with E-state index in [1.807, 2.05) is 0 Å². The number of halogens is 1. The normalized spacial score (nSPS) is 11.9. The van der Waals surface area contributed by atoms with E-state index in [0.717, 1.165) is 23.7 Å². The number of carbonyl (C=O) groups is 2. The molecule has 0 aliphatic heterocycles. The number of anilines is 1. The third kappa shape index (κ3) is 8.12. The Morgan fingerprint density at radius 2 is 1.69 bits per heavy atom. The lowest BCUT2D eigenvalue weighted by atomic mass is 10.1. The van der Waals surface area contributed by atoms with Gasteiger partial charge in [-0.05, 0) is 68.4 Å². The highest BCUT2D eigenvalue weighted by molar-refractivity contribution is 7.90. The summed E-state index contributed by atoms with van der Waals surface area (Å²) in [6.07, 6.45) is 2.09. The average molecular weight is 615 g/mol. The van der Waals surface area contributed by atoms with Gasteiger partial charge in [-0.1, -0.05) is 11.3 Å². The highest BCUT2D eigenvalue weighted by Crippen LogP contribution is 2.33. The Balaban J connectivity index is 1.54. The van der Waals surface area contributed by atoms with E-state index in [1.165, 1.54) is 61.7 Å². The summed E-state index contributed by atoms with van der Waals surface area (Å²) in [6.45, 7) is 3.46. The largest absolute Gasteiger partial charge is 0.488 e. The molecule has 0 saturated heterocycles. The fourth-order valence-corrected chi connectivity index (χ4v) is 4.97. The predicted octanol–water partition coefficient (Wildman–Crippen LogP) is 6.14. The van der Waals surface area contributed by atoms with Gasteiger partial charge < -0.3 is 18.9 Å². The van der Waals surface area contributed by atoms with Crippen LogP contribution in [-0.4, -0.2) is 51.2 Å². The Labute approximate surface area is 246 Å². The number of nitrogens with one attached hydrogen (secondary N) is 1. The number of amides is 1. The Morgan fingerprint density at radius 1 is 0.976 bits per heavy atom. The third-order valence-corrected chi connectivity index (χ3v) is 7.54. The molecule has 0 saturated carbocycles. The minimum Gasteiger partial charge on any atom is -0.488 e. The van der Waals surface area contributed by atoms with Crippen molar-refractivity contribution in [3.63, 3.8) is 0 Å². The molecule has 0 aliphatic carbocycles. The van der Waals surface area contributed by atoms with Crippen LogP contribution in [0.5, 0.6) is 28.1 Å². The highest BCUT2D eigenvalue weighted by atomic mass is 32.2. The van der Waals surface area contributed by atoms with Crippen molar-refractivity contribution in [2.24, 2.45) is 0 Å².